The number of para-hydroxylation sites is 1. The molecule has 2 aromatic carbocycles. The summed E-state index contributed by atoms with van der Waals surface area (Å²) in [6.45, 7) is 1.77. The molecule has 132 valence electrons. The molecule has 7 heteroatoms. The van der Waals surface area contributed by atoms with Crippen LogP contribution in [0, 0.1) is 6.92 Å². The highest BCUT2D eigenvalue weighted by atomic mass is 16.5. The maximum Gasteiger partial charge on any atom is 0.280 e. The van der Waals surface area contributed by atoms with Crippen LogP contribution in [-0.2, 0) is 0 Å². The number of benzene rings is 2. The number of nitrogens with zero attached hydrogens (tertiary/aromatic N) is 2. The second-order valence-corrected chi connectivity index (χ2v) is 5.55. The smallest absolute Gasteiger partial charge is 0.280 e. The Hall–Kier alpha value is -3.61. The van der Waals surface area contributed by atoms with Crippen LogP contribution < -0.4 is 15.7 Å². The Labute approximate surface area is 149 Å². The Bertz CT molecular complexity index is 986. The van der Waals surface area contributed by atoms with E-state index in [-0.39, 0.29) is 11.5 Å². The number of aryl methyl sites for hydroxylation is 1. The minimum absolute atomic E-state index is 0.240. The number of aromatic nitrogens is 2. The van der Waals surface area contributed by atoms with Gasteiger partial charge < -0.3 is 4.74 Å². The van der Waals surface area contributed by atoms with Gasteiger partial charge in [0, 0.05) is 11.3 Å². The molecule has 0 aliphatic heterocycles. The molecule has 1 aromatic heterocycles. The van der Waals surface area contributed by atoms with Crippen molar-refractivity contribution in [2.45, 2.75) is 6.92 Å². The number of methoxy groups -OCH3 is 1. The number of amides is 1. The third-order valence-corrected chi connectivity index (χ3v) is 3.84. The zero-order valence-corrected chi connectivity index (χ0v) is 14.4. The maximum absolute atomic E-state index is 12.5. The number of hydrogen-bond donors (Lipinski definition) is 2. The average molecular weight is 350 g/mol. The number of aromatic amines is 1. The highest BCUT2D eigenvalue weighted by Gasteiger charge is 2.10. The summed E-state index contributed by atoms with van der Waals surface area (Å²) in [6.07, 6.45) is 1.34. The Balaban J connectivity index is 1.75. The Morgan fingerprint density at radius 2 is 1.85 bits per heavy atom. The molecule has 2 N–H and O–H groups in total. The number of carbonyl (C=O) groups is 1. The molecule has 3 rings (SSSR count). The first-order valence-electron chi connectivity index (χ1n) is 7.94. The number of hydrogen-bond acceptors (Lipinski definition) is 4. The lowest BCUT2D eigenvalue weighted by Crippen LogP contribution is -2.20. The van der Waals surface area contributed by atoms with Gasteiger partial charge in [-0.3, -0.25) is 14.7 Å². The summed E-state index contributed by atoms with van der Waals surface area (Å²) in [4.78, 5) is 24.6. The van der Waals surface area contributed by atoms with E-state index < -0.39 is 0 Å². The first kappa shape index (κ1) is 17.2. The molecule has 0 aliphatic rings. The van der Waals surface area contributed by atoms with Gasteiger partial charge in [0.1, 0.15) is 5.75 Å². The van der Waals surface area contributed by atoms with Crippen LogP contribution in [0.5, 0.6) is 5.75 Å². The third kappa shape index (κ3) is 3.56. The van der Waals surface area contributed by atoms with Crippen molar-refractivity contribution in [3.8, 4) is 11.4 Å². The van der Waals surface area contributed by atoms with Gasteiger partial charge in [0.15, 0.2) is 0 Å². The zero-order chi connectivity index (χ0) is 18.5. The molecule has 1 amide bonds. The average Bonchev–Trinajstić information content (AvgIpc) is 2.97. The molecular weight excluding hydrogens is 332 g/mol. The van der Waals surface area contributed by atoms with Gasteiger partial charge in [-0.25, -0.2) is 10.1 Å². The standard InChI is InChI=1S/C19H18N4O3/c1-13-17(19(25)23(22-13)15-6-4-3-5-7-15)12-20-21-18(24)14-8-10-16(26-2)11-9-14/h3-12,22H,1-2H3,(H,21,24)/b20-12-. The number of carbonyl (C=O) groups excluding carboxylic acids is 1. The molecule has 26 heavy (non-hydrogen) atoms. The van der Waals surface area contributed by atoms with Crippen molar-refractivity contribution in [1.82, 2.24) is 15.2 Å². The predicted molar refractivity (Wildman–Crippen MR) is 99.2 cm³/mol. The lowest BCUT2D eigenvalue weighted by Gasteiger charge is -2.01. The normalized spacial score (nSPS) is 10.8. The van der Waals surface area contributed by atoms with Crippen LogP contribution in [0.1, 0.15) is 21.6 Å². The molecule has 0 radical (unpaired) electrons. The van der Waals surface area contributed by atoms with E-state index in [1.165, 1.54) is 10.9 Å². The molecule has 0 saturated heterocycles. The van der Waals surface area contributed by atoms with Crippen LogP contribution in [0.15, 0.2) is 64.5 Å². The van der Waals surface area contributed by atoms with Crippen LogP contribution in [0.2, 0.25) is 0 Å². The fraction of sp³-hybridized carbons (Fsp3) is 0.105. The number of ether oxygens (including phenoxy) is 1. The largest absolute Gasteiger partial charge is 0.497 e. The lowest BCUT2D eigenvalue weighted by atomic mass is 10.2. The second-order valence-electron chi connectivity index (χ2n) is 5.55. The molecule has 1 heterocycles. The number of rotatable bonds is 5. The first-order chi connectivity index (χ1) is 12.6. The Morgan fingerprint density at radius 3 is 2.50 bits per heavy atom. The first-order valence-corrected chi connectivity index (χ1v) is 7.94. The number of hydrazone groups is 1. The highest BCUT2D eigenvalue weighted by Crippen LogP contribution is 2.11. The van der Waals surface area contributed by atoms with E-state index in [9.17, 15) is 9.59 Å². The molecule has 0 bridgehead atoms. The monoisotopic (exact) mass is 350 g/mol. The van der Waals surface area contributed by atoms with Crippen molar-refractivity contribution in [3.05, 3.63) is 81.8 Å². The van der Waals surface area contributed by atoms with Gasteiger partial charge in [-0.2, -0.15) is 5.10 Å². The summed E-state index contributed by atoms with van der Waals surface area (Å²) in [5.74, 6) is 0.287. The van der Waals surface area contributed by atoms with E-state index in [0.29, 0.717) is 22.6 Å². The minimum atomic E-state index is -0.375. The van der Waals surface area contributed by atoms with Crippen molar-refractivity contribution < 1.29 is 9.53 Å². The lowest BCUT2D eigenvalue weighted by molar-refractivity contribution is 0.0955. The van der Waals surface area contributed by atoms with Crippen molar-refractivity contribution in [2.24, 2.45) is 5.10 Å². The topological polar surface area (TPSA) is 88.5 Å². The molecular formula is C19H18N4O3. The van der Waals surface area contributed by atoms with Crippen molar-refractivity contribution >= 4 is 12.1 Å². The highest BCUT2D eigenvalue weighted by molar-refractivity contribution is 5.95. The zero-order valence-electron chi connectivity index (χ0n) is 14.4. The molecule has 0 atom stereocenters. The van der Waals surface area contributed by atoms with Crippen LogP contribution in [-0.4, -0.2) is 29.0 Å². The molecule has 0 unspecified atom stereocenters. The maximum atomic E-state index is 12.5. The Morgan fingerprint density at radius 1 is 1.15 bits per heavy atom. The van der Waals surface area contributed by atoms with Crippen molar-refractivity contribution in [1.29, 1.82) is 0 Å². The van der Waals surface area contributed by atoms with Gasteiger partial charge in [0.2, 0.25) is 0 Å². The predicted octanol–water partition coefficient (Wildman–Crippen LogP) is 2.25. The van der Waals surface area contributed by atoms with Crippen LogP contribution in [0.3, 0.4) is 0 Å². The number of H-pyrrole nitrogens is 1. The summed E-state index contributed by atoms with van der Waals surface area (Å²) in [5.41, 5.74) is 4.37. The molecule has 0 saturated carbocycles. The summed E-state index contributed by atoms with van der Waals surface area (Å²) in [6, 6.07) is 15.9. The fourth-order valence-corrected chi connectivity index (χ4v) is 2.43. The van der Waals surface area contributed by atoms with Crippen LogP contribution in [0.4, 0.5) is 0 Å². The SMILES string of the molecule is COc1ccc(C(=O)N/N=C\c2c(C)[nH]n(-c3ccccc3)c2=O)cc1. The van der Waals surface area contributed by atoms with Crippen LogP contribution in [0.25, 0.3) is 5.69 Å². The number of nitrogens with one attached hydrogen (secondary N) is 2. The van der Waals surface area contributed by atoms with Crippen molar-refractivity contribution in [3.63, 3.8) is 0 Å². The van der Waals surface area contributed by atoms with Crippen molar-refractivity contribution in [2.75, 3.05) is 7.11 Å². The summed E-state index contributed by atoms with van der Waals surface area (Å²) < 4.78 is 6.48. The van der Waals surface area contributed by atoms with Gasteiger partial charge in [-0.15, -0.1) is 0 Å². The third-order valence-electron chi connectivity index (χ3n) is 3.84. The molecule has 0 fully saturated rings. The second kappa shape index (κ2) is 7.52. The molecule has 0 aliphatic carbocycles. The quantitative estimate of drug-likeness (QED) is 0.546. The van der Waals surface area contributed by atoms with Gasteiger partial charge >= 0.3 is 0 Å². The van der Waals surface area contributed by atoms with Gasteiger partial charge in [0.05, 0.1) is 24.6 Å². The van der Waals surface area contributed by atoms with Gasteiger partial charge in [0.25, 0.3) is 11.5 Å². The summed E-state index contributed by atoms with van der Waals surface area (Å²) >= 11 is 0. The Kier molecular flexibility index (Phi) is 4.98. The molecule has 3 aromatic rings. The van der Waals surface area contributed by atoms with E-state index in [4.69, 9.17) is 4.74 Å². The van der Waals surface area contributed by atoms with E-state index in [1.54, 1.807) is 38.3 Å². The van der Waals surface area contributed by atoms with E-state index in [0.717, 1.165) is 5.69 Å². The summed E-state index contributed by atoms with van der Waals surface area (Å²) in [5, 5.41) is 6.90. The van der Waals surface area contributed by atoms with Gasteiger partial charge in [-0.1, -0.05) is 18.2 Å². The van der Waals surface area contributed by atoms with E-state index in [1.807, 2.05) is 30.3 Å². The van der Waals surface area contributed by atoms with Gasteiger partial charge in [-0.05, 0) is 43.3 Å². The van der Waals surface area contributed by atoms with E-state index in [2.05, 4.69) is 15.6 Å². The van der Waals surface area contributed by atoms with E-state index >= 15 is 0 Å². The molecule has 0 spiro atoms. The summed E-state index contributed by atoms with van der Waals surface area (Å²) in [7, 11) is 1.56. The molecule has 7 nitrogen and oxygen atoms in total. The minimum Gasteiger partial charge on any atom is -0.497 e. The fourth-order valence-electron chi connectivity index (χ4n) is 2.43. The van der Waals surface area contributed by atoms with Crippen LogP contribution >= 0.6 is 0 Å².